The van der Waals surface area contributed by atoms with Crippen LogP contribution in [-0.4, -0.2) is 48.7 Å². The van der Waals surface area contributed by atoms with Crippen LogP contribution < -0.4 is 20.5 Å². The van der Waals surface area contributed by atoms with E-state index >= 15 is 0 Å². The number of nitrogens with zero attached hydrogens (tertiary/aromatic N) is 1. The van der Waals surface area contributed by atoms with Crippen LogP contribution in [0.1, 0.15) is 69.2 Å². The number of rotatable bonds is 4. The van der Waals surface area contributed by atoms with Crippen LogP contribution in [0.25, 0.3) is 0 Å². The fourth-order valence-corrected chi connectivity index (χ4v) is 5.31. The Morgan fingerprint density at radius 3 is 2.55 bits per heavy atom. The number of hydrogen-bond acceptors (Lipinski definition) is 5. The highest BCUT2D eigenvalue weighted by Crippen LogP contribution is 2.44. The molecule has 0 radical (unpaired) electrons. The molecule has 2 atom stereocenters. The van der Waals surface area contributed by atoms with Crippen LogP contribution in [0.15, 0.2) is 6.07 Å². The fourth-order valence-electron chi connectivity index (χ4n) is 5.12. The van der Waals surface area contributed by atoms with Crippen molar-refractivity contribution in [2.75, 3.05) is 25.4 Å². The van der Waals surface area contributed by atoms with Crippen molar-refractivity contribution in [1.82, 2.24) is 10.2 Å². The van der Waals surface area contributed by atoms with Gasteiger partial charge in [-0.1, -0.05) is 30.9 Å². The molecule has 0 aromatic heterocycles. The standard InChI is InChI=1S/C23H34ClN3O3.ClH/c1-14-13-29-21-18(12-19(24)20(25)22(21)30-14)23(28)26-17-8-10-27(11-9-17)15(2)16-6-4-3-5-7-16;/h12,14-17H,3-11,13,25H2,1-2H3,(H,26,28);1H. The molecule has 2 heterocycles. The highest BCUT2D eigenvalue weighted by Gasteiger charge is 2.31. The summed E-state index contributed by atoms with van der Waals surface area (Å²) in [5.74, 6) is 1.43. The van der Waals surface area contributed by atoms with E-state index in [0.717, 1.165) is 31.8 Å². The Morgan fingerprint density at radius 1 is 1.19 bits per heavy atom. The first-order chi connectivity index (χ1) is 14.4. The number of ether oxygens (including phenoxy) is 2. The van der Waals surface area contributed by atoms with Crippen molar-refractivity contribution in [3.05, 3.63) is 16.7 Å². The summed E-state index contributed by atoms with van der Waals surface area (Å²) in [6, 6.07) is 2.38. The minimum Gasteiger partial charge on any atom is -0.485 e. The van der Waals surface area contributed by atoms with Gasteiger partial charge in [-0.2, -0.15) is 0 Å². The quantitative estimate of drug-likeness (QED) is 0.623. The second-order valence-corrected chi connectivity index (χ2v) is 9.55. The van der Waals surface area contributed by atoms with Gasteiger partial charge in [0.1, 0.15) is 12.7 Å². The van der Waals surface area contributed by atoms with E-state index in [0.29, 0.717) is 40.4 Å². The monoisotopic (exact) mass is 471 g/mol. The van der Waals surface area contributed by atoms with Crippen LogP contribution in [0, 0.1) is 5.92 Å². The third-order valence-electron chi connectivity index (χ3n) is 7.02. The number of benzene rings is 1. The number of hydrogen-bond donors (Lipinski definition) is 2. The lowest BCUT2D eigenvalue weighted by Crippen LogP contribution is -2.49. The summed E-state index contributed by atoms with van der Waals surface area (Å²) in [6.45, 7) is 6.72. The predicted octanol–water partition coefficient (Wildman–Crippen LogP) is 4.67. The van der Waals surface area contributed by atoms with E-state index in [1.165, 1.54) is 32.1 Å². The lowest BCUT2D eigenvalue weighted by atomic mass is 9.83. The van der Waals surface area contributed by atoms with E-state index in [1.54, 1.807) is 6.07 Å². The Hall–Kier alpha value is -1.37. The molecule has 4 rings (SSSR count). The van der Waals surface area contributed by atoms with Crippen LogP contribution >= 0.6 is 24.0 Å². The summed E-state index contributed by atoms with van der Waals surface area (Å²) in [4.78, 5) is 15.6. The topological polar surface area (TPSA) is 76.8 Å². The van der Waals surface area contributed by atoms with Gasteiger partial charge >= 0.3 is 0 Å². The van der Waals surface area contributed by atoms with Gasteiger partial charge in [0.2, 0.25) is 0 Å². The summed E-state index contributed by atoms with van der Waals surface area (Å²) in [7, 11) is 0. The van der Waals surface area contributed by atoms with Crippen molar-refractivity contribution in [3.63, 3.8) is 0 Å². The van der Waals surface area contributed by atoms with Gasteiger partial charge < -0.3 is 25.4 Å². The average molecular weight is 472 g/mol. The zero-order valence-corrected chi connectivity index (χ0v) is 20.1. The fraction of sp³-hybridized carbons (Fsp3) is 0.696. The molecule has 1 aliphatic carbocycles. The summed E-state index contributed by atoms with van der Waals surface area (Å²) in [6.07, 6.45) is 8.66. The summed E-state index contributed by atoms with van der Waals surface area (Å²) < 4.78 is 11.6. The molecular formula is C23H35Cl2N3O3. The van der Waals surface area contributed by atoms with E-state index in [9.17, 15) is 4.79 Å². The molecule has 0 bridgehead atoms. The van der Waals surface area contributed by atoms with Crippen molar-refractivity contribution in [2.24, 2.45) is 5.92 Å². The number of nitrogens with one attached hydrogen (secondary N) is 1. The lowest BCUT2D eigenvalue weighted by molar-refractivity contribution is 0.0800. The van der Waals surface area contributed by atoms with Crippen molar-refractivity contribution < 1.29 is 14.3 Å². The average Bonchev–Trinajstić information content (AvgIpc) is 2.77. The number of anilines is 1. The molecular weight excluding hydrogens is 437 g/mol. The van der Waals surface area contributed by atoms with Crippen molar-refractivity contribution in [3.8, 4) is 11.5 Å². The molecule has 1 saturated heterocycles. The van der Waals surface area contributed by atoms with E-state index in [-0.39, 0.29) is 30.5 Å². The number of nitrogens with two attached hydrogens (primary N) is 1. The molecule has 1 saturated carbocycles. The third kappa shape index (κ3) is 5.35. The maximum Gasteiger partial charge on any atom is 0.255 e. The molecule has 1 amide bonds. The van der Waals surface area contributed by atoms with Crippen molar-refractivity contribution in [1.29, 1.82) is 0 Å². The molecule has 2 fully saturated rings. The lowest BCUT2D eigenvalue weighted by Gasteiger charge is -2.40. The zero-order chi connectivity index (χ0) is 21.3. The second kappa shape index (κ2) is 10.5. The minimum absolute atomic E-state index is 0. The van der Waals surface area contributed by atoms with Gasteiger partial charge in [0, 0.05) is 25.2 Å². The van der Waals surface area contributed by atoms with Gasteiger partial charge in [0.25, 0.3) is 5.91 Å². The van der Waals surface area contributed by atoms with Gasteiger partial charge in [-0.15, -0.1) is 12.4 Å². The van der Waals surface area contributed by atoms with Crippen LogP contribution in [-0.2, 0) is 0 Å². The molecule has 2 unspecified atom stereocenters. The number of likely N-dealkylation sites (tertiary alicyclic amines) is 1. The molecule has 2 aliphatic heterocycles. The normalized spacial score (nSPS) is 23.6. The number of piperidine rings is 1. The Labute approximate surface area is 196 Å². The molecule has 1 aromatic rings. The van der Waals surface area contributed by atoms with Crippen LogP contribution in [0.5, 0.6) is 11.5 Å². The third-order valence-corrected chi connectivity index (χ3v) is 7.34. The SMILES string of the molecule is CC1COc2c(C(=O)NC3CCN(C(C)C4CCCCC4)CC3)cc(Cl)c(N)c2O1.Cl. The van der Waals surface area contributed by atoms with Crippen LogP contribution in [0.3, 0.4) is 0 Å². The number of fused-ring (bicyclic) bond motifs is 1. The number of amides is 1. The molecule has 174 valence electrons. The van der Waals surface area contributed by atoms with Gasteiger partial charge in [0.05, 0.1) is 16.3 Å². The van der Waals surface area contributed by atoms with Crippen LogP contribution in [0.4, 0.5) is 5.69 Å². The van der Waals surface area contributed by atoms with E-state index in [4.69, 9.17) is 26.8 Å². The van der Waals surface area contributed by atoms with Gasteiger partial charge in [-0.3, -0.25) is 4.79 Å². The first-order valence-electron chi connectivity index (χ1n) is 11.4. The van der Waals surface area contributed by atoms with E-state index in [1.807, 2.05) is 6.92 Å². The molecule has 31 heavy (non-hydrogen) atoms. The second-order valence-electron chi connectivity index (χ2n) is 9.14. The molecule has 0 spiro atoms. The maximum atomic E-state index is 13.0. The number of halogens is 2. The minimum atomic E-state index is -0.176. The number of nitrogen functional groups attached to an aromatic ring is 1. The Bertz CT molecular complexity index is 778. The molecule has 8 heteroatoms. The molecule has 1 aromatic carbocycles. The van der Waals surface area contributed by atoms with Gasteiger partial charge in [-0.05, 0) is 51.5 Å². The van der Waals surface area contributed by atoms with Crippen LogP contribution in [0.2, 0.25) is 5.02 Å². The molecule has 3 N–H and O–H groups in total. The molecule has 6 nitrogen and oxygen atoms in total. The van der Waals surface area contributed by atoms with Crippen molar-refractivity contribution in [2.45, 2.75) is 77.0 Å². The van der Waals surface area contributed by atoms with Gasteiger partial charge in [-0.25, -0.2) is 0 Å². The summed E-state index contributed by atoms with van der Waals surface area (Å²) in [5.41, 5.74) is 6.77. The molecule has 3 aliphatic rings. The van der Waals surface area contributed by atoms with Crippen molar-refractivity contribution >= 4 is 35.6 Å². The number of carbonyl (C=O) groups is 1. The Morgan fingerprint density at radius 2 is 1.87 bits per heavy atom. The Kier molecular flexibility index (Phi) is 8.22. The highest BCUT2D eigenvalue weighted by molar-refractivity contribution is 6.34. The van der Waals surface area contributed by atoms with E-state index in [2.05, 4.69) is 17.1 Å². The first kappa shape index (κ1) is 24.3. The Balaban J connectivity index is 0.00000272. The largest absolute Gasteiger partial charge is 0.485 e. The van der Waals surface area contributed by atoms with E-state index < -0.39 is 0 Å². The van der Waals surface area contributed by atoms with Gasteiger partial charge in [0.15, 0.2) is 11.5 Å². The summed E-state index contributed by atoms with van der Waals surface area (Å²) >= 11 is 6.27. The summed E-state index contributed by atoms with van der Waals surface area (Å²) in [5, 5.41) is 3.49. The zero-order valence-electron chi connectivity index (χ0n) is 18.5. The smallest absolute Gasteiger partial charge is 0.255 e. The predicted molar refractivity (Wildman–Crippen MR) is 127 cm³/mol. The first-order valence-corrected chi connectivity index (χ1v) is 11.8. The highest BCUT2D eigenvalue weighted by atomic mass is 35.5. The number of carbonyl (C=O) groups excluding carboxylic acids is 1. The maximum absolute atomic E-state index is 13.0.